The number of hydrogen-bond donors (Lipinski definition) is 1. The summed E-state index contributed by atoms with van der Waals surface area (Å²) >= 11 is 0. The number of hydrogen-bond acceptors (Lipinski definition) is 7. The average Bonchev–Trinajstić information content (AvgIpc) is 2.97. The van der Waals surface area contributed by atoms with Crippen LogP contribution < -0.4 is 5.32 Å². The van der Waals surface area contributed by atoms with E-state index in [0.29, 0.717) is 11.8 Å². The molecule has 2 rings (SSSR count). The van der Waals surface area contributed by atoms with Crippen molar-refractivity contribution in [2.75, 3.05) is 5.32 Å². The third-order valence-electron chi connectivity index (χ3n) is 3.87. The van der Waals surface area contributed by atoms with Crippen molar-refractivity contribution in [1.29, 1.82) is 0 Å². The van der Waals surface area contributed by atoms with E-state index in [1.54, 1.807) is 54.7 Å². The molecule has 0 aliphatic carbocycles. The number of ether oxygens (including phenoxy) is 2. The first-order valence-electron chi connectivity index (χ1n) is 9.76. The van der Waals surface area contributed by atoms with E-state index in [0.717, 1.165) is 21.7 Å². The van der Waals surface area contributed by atoms with E-state index < -0.39 is 23.4 Å². The largest absolute Gasteiger partial charge is 0.443 e. The average molecular weight is 418 g/mol. The number of oxazole rings is 1. The summed E-state index contributed by atoms with van der Waals surface area (Å²) in [5.41, 5.74) is 0.838. The van der Waals surface area contributed by atoms with Gasteiger partial charge in [-0.15, -0.1) is 0 Å². The molecule has 0 saturated carbocycles. The molecule has 2 amide bonds. The fraction of sp³-hybridized carbons (Fsp3) is 0.500. The molecule has 0 aliphatic heterocycles. The third-order valence-corrected chi connectivity index (χ3v) is 3.87. The number of benzene rings is 1. The molecule has 2 aromatic rings. The van der Waals surface area contributed by atoms with E-state index in [1.807, 2.05) is 25.1 Å². The van der Waals surface area contributed by atoms with Crippen molar-refractivity contribution in [1.82, 2.24) is 9.88 Å². The fourth-order valence-electron chi connectivity index (χ4n) is 2.53. The van der Waals surface area contributed by atoms with Crippen LogP contribution in [0.1, 0.15) is 58.4 Å². The van der Waals surface area contributed by atoms with Gasteiger partial charge in [-0.3, -0.25) is 0 Å². The molecule has 164 valence electrons. The van der Waals surface area contributed by atoms with Crippen LogP contribution in [0.3, 0.4) is 0 Å². The molecule has 0 bridgehead atoms. The maximum atomic E-state index is 12.7. The van der Waals surface area contributed by atoms with Crippen LogP contribution in [0.25, 0.3) is 0 Å². The number of aromatic nitrogens is 1. The summed E-state index contributed by atoms with van der Waals surface area (Å²) in [5, 5.41) is 3.11. The normalized spacial score (nSPS) is 11.7. The Bertz CT molecular complexity index is 878. The lowest BCUT2D eigenvalue weighted by Crippen LogP contribution is -2.43. The van der Waals surface area contributed by atoms with Gasteiger partial charge in [0.15, 0.2) is 0 Å². The maximum Gasteiger partial charge on any atom is 0.420 e. The number of carbonyl (C=O) groups excluding carboxylic acids is 2. The maximum absolute atomic E-state index is 12.7. The Hall–Kier alpha value is -3.03. The molecule has 0 radical (unpaired) electrons. The van der Waals surface area contributed by atoms with Crippen LogP contribution in [-0.4, -0.2) is 33.3 Å². The Morgan fingerprint density at radius 2 is 1.60 bits per heavy atom. The zero-order valence-corrected chi connectivity index (χ0v) is 19.0. The quantitative estimate of drug-likeness (QED) is 0.681. The van der Waals surface area contributed by atoms with Gasteiger partial charge in [-0.05, 0) is 72.6 Å². The zero-order valence-electron chi connectivity index (χ0n) is 19.0. The van der Waals surface area contributed by atoms with Gasteiger partial charge in [-0.2, -0.15) is 0 Å². The monoisotopic (exact) mass is 417 g/mol. The number of carbonyl (C=O) groups is 2. The highest BCUT2D eigenvalue weighted by molar-refractivity contribution is 5.88. The predicted molar refractivity (Wildman–Crippen MR) is 114 cm³/mol. The molecular formula is C22H31N3O5. The van der Waals surface area contributed by atoms with Crippen molar-refractivity contribution in [3.05, 3.63) is 41.3 Å². The first-order chi connectivity index (χ1) is 13.7. The smallest absolute Gasteiger partial charge is 0.420 e. The Kier molecular flexibility index (Phi) is 6.80. The molecule has 1 N–H and O–H groups in total. The van der Waals surface area contributed by atoms with Gasteiger partial charge in [-0.25, -0.2) is 19.5 Å². The summed E-state index contributed by atoms with van der Waals surface area (Å²) < 4.78 is 16.3. The van der Waals surface area contributed by atoms with Crippen molar-refractivity contribution in [3.8, 4) is 0 Å². The van der Waals surface area contributed by atoms with Crippen LogP contribution in [0.2, 0.25) is 0 Å². The highest BCUT2D eigenvalue weighted by Crippen LogP contribution is 2.25. The van der Waals surface area contributed by atoms with Crippen molar-refractivity contribution in [2.45, 2.75) is 73.1 Å². The highest BCUT2D eigenvalue weighted by atomic mass is 16.6. The van der Waals surface area contributed by atoms with Gasteiger partial charge in [0.05, 0.1) is 12.7 Å². The summed E-state index contributed by atoms with van der Waals surface area (Å²) in [5.74, 6) is 0.687. The van der Waals surface area contributed by atoms with Gasteiger partial charge in [-0.1, -0.05) is 12.1 Å². The number of aryl methyl sites for hydroxylation is 1. The molecule has 0 unspecified atom stereocenters. The lowest BCUT2D eigenvalue weighted by Gasteiger charge is -2.29. The van der Waals surface area contributed by atoms with Crippen LogP contribution in [-0.2, 0) is 16.0 Å². The van der Waals surface area contributed by atoms with Crippen LogP contribution in [0, 0.1) is 13.8 Å². The first kappa shape index (κ1) is 23.3. The van der Waals surface area contributed by atoms with Crippen molar-refractivity contribution in [2.24, 2.45) is 0 Å². The van der Waals surface area contributed by atoms with Crippen molar-refractivity contribution >= 4 is 23.9 Å². The molecule has 0 atom stereocenters. The van der Waals surface area contributed by atoms with Crippen LogP contribution in [0.15, 0.2) is 28.8 Å². The molecule has 0 spiro atoms. The van der Waals surface area contributed by atoms with E-state index in [1.165, 1.54) is 0 Å². The van der Waals surface area contributed by atoms with Crippen molar-refractivity contribution < 1.29 is 23.5 Å². The Labute approximate surface area is 177 Å². The Morgan fingerprint density at radius 1 is 1.03 bits per heavy atom. The molecule has 1 aromatic carbocycles. The van der Waals surface area contributed by atoms with Gasteiger partial charge in [0, 0.05) is 5.69 Å². The summed E-state index contributed by atoms with van der Waals surface area (Å²) in [6, 6.07) is 5.89. The Balaban J connectivity index is 2.30. The second kappa shape index (κ2) is 8.77. The second-order valence-electron chi connectivity index (χ2n) is 9.04. The van der Waals surface area contributed by atoms with Gasteiger partial charge in [0.25, 0.3) is 6.01 Å². The van der Waals surface area contributed by atoms with E-state index >= 15 is 0 Å². The van der Waals surface area contributed by atoms with Gasteiger partial charge in [0.1, 0.15) is 17.0 Å². The molecule has 30 heavy (non-hydrogen) atoms. The predicted octanol–water partition coefficient (Wildman–Crippen LogP) is 5.71. The summed E-state index contributed by atoms with van der Waals surface area (Å²) in [6.07, 6.45) is 0.0875. The highest BCUT2D eigenvalue weighted by Gasteiger charge is 2.31. The van der Waals surface area contributed by atoms with Crippen molar-refractivity contribution in [3.63, 3.8) is 0 Å². The van der Waals surface area contributed by atoms with E-state index in [4.69, 9.17) is 13.9 Å². The minimum Gasteiger partial charge on any atom is -0.443 e. The molecule has 1 heterocycles. The minimum atomic E-state index is -0.766. The summed E-state index contributed by atoms with van der Waals surface area (Å²) in [4.78, 5) is 30.6. The number of imide groups is 1. The van der Waals surface area contributed by atoms with Crippen LogP contribution >= 0.6 is 0 Å². The Morgan fingerprint density at radius 3 is 2.07 bits per heavy atom. The molecule has 8 heteroatoms. The topological polar surface area (TPSA) is 93.9 Å². The second-order valence-corrected chi connectivity index (χ2v) is 9.04. The number of anilines is 2. The van der Waals surface area contributed by atoms with E-state index in [-0.39, 0.29) is 6.54 Å². The number of amides is 2. The van der Waals surface area contributed by atoms with E-state index in [2.05, 4.69) is 10.3 Å². The molecule has 8 nitrogen and oxygen atoms in total. The number of nitrogens with zero attached hydrogens (tertiary/aromatic N) is 2. The molecule has 0 saturated heterocycles. The SMILES string of the molecule is Cc1cnc(Nc2cccc(CN(C(=O)OC(C)(C)C)C(=O)OC(C)(C)C)c2C)o1. The molecular weight excluding hydrogens is 386 g/mol. The zero-order chi connectivity index (χ0) is 22.7. The van der Waals surface area contributed by atoms with Gasteiger partial charge >= 0.3 is 12.2 Å². The lowest BCUT2D eigenvalue weighted by molar-refractivity contribution is -0.000268. The molecule has 0 fully saturated rings. The number of rotatable bonds is 4. The fourth-order valence-corrected chi connectivity index (χ4v) is 2.53. The van der Waals surface area contributed by atoms with Crippen LogP contribution in [0.4, 0.5) is 21.3 Å². The molecule has 0 aliphatic rings. The summed E-state index contributed by atoms with van der Waals surface area (Å²) in [7, 11) is 0. The van der Waals surface area contributed by atoms with Gasteiger partial charge < -0.3 is 19.2 Å². The summed E-state index contributed by atoms with van der Waals surface area (Å²) in [6.45, 7) is 14.1. The first-order valence-corrected chi connectivity index (χ1v) is 9.76. The number of nitrogens with one attached hydrogen (secondary N) is 1. The minimum absolute atomic E-state index is 0.00418. The van der Waals surface area contributed by atoms with Crippen LogP contribution in [0.5, 0.6) is 0 Å². The molecule has 1 aromatic heterocycles. The van der Waals surface area contributed by atoms with E-state index in [9.17, 15) is 9.59 Å². The lowest BCUT2D eigenvalue weighted by atomic mass is 10.1. The standard InChI is InChI=1S/C22H31N3O5/c1-14-12-23-18(28-14)24-17-11-9-10-16(15(17)2)13-25(19(26)29-21(3,4)5)20(27)30-22(6,7)8/h9-12H,13H2,1-8H3,(H,23,24). The van der Waals surface area contributed by atoms with Gasteiger partial charge in [0.2, 0.25) is 0 Å². The third kappa shape index (κ3) is 6.79.